The van der Waals surface area contributed by atoms with E-state index < -0.39 is 0 Å². The van der Waals surface area contributed by atoms with Gasteiger partial charge in [-0.1, -0.05) is 66.2 Å². The number of carboxylic acid groups (broad SMARTS) is 1. The molecule has 0 aromatic carbocycles. The molecule has 0 bridgehead atoms. The minimum absolute atomic E-state index is 0.250. The predicted octanol–water partition coefficient (Wildman–Crippen LogP) is 5.68. The summed E-state index contributed by atoms with van der Waals surface area (Å²) in [6.07, 6.45) is 11.1. The van der Waals surface area contributed by atoms with Gasteiger partial charge in [-0.25, -0.2) is 0 Å². The average molecular weight is 304 g/mol. The molecule has 0 aliphatic rings. The Bertz CT molecular complexity index is 163. The summed E-state index contributed by atoms with van der Waals surface area (Å²) >= 11 is 0. The van der Waals surface area contributed by atoms with Crippen molar-refractivity contribution in [3.63, 3.8) is 0 Å². The highest BCUT2D eigenvalue weighted by Gasteiger charge is 1.99. The third kappa shape index (κ3) is 68.1. The van der Waals surface area contributed by atoms with Crippen molar-refractivity contribution in [1.82, 2.24) is 5.32 Å². The van der Waals surface area contributed by atoms with E-state index in [-0.39, 0.29) is 6.47 Å². The first-order chi connectivity index (χ1) is 10.2. The molecule has 0 saturated heterocycles. The zero-order valence-electron chi connectivity index (χ0n) is 15.8. The van der Waals surface area contributed by atoms with Crippen LogP contribution in [0.2, 0.25) is 0 Å². The zero-order chi connectivity index (χ0) is 17.9. The van der Waals surface area contributed by atoms with Gasteiger partial charge in [-0.15, -0.1) is 6.58 Å². The van der Waals surface area contributed by atoms with Crippen LogP contribution in [0.1, 0.15) is 74.1 Å². The largest absolute Gasteiger partial charge is 0.483 e. The molecule has 0 aromatic rings. The molecule has 0 aliphatic heterocycles. The van der Waals surface area contributed by atoms with Crippen molar-refractivity contribution in [2.24, 2.45) is 0 Å². The molecule has 3 heteroatoms. The van der Waals surface area contributed by atoms with Crippen LogP contribution in [-0.2, 0) is 4.79 Å². The second kappa shape index (κ2) is 51.0. The molecule has 0 saturated carbocycles. The fourth-order valence-electron chi connectivity index (χ4n) is 1.16. The SMILES string of the molecule is C=CC.CC.CC.CC/C=C\CC(CCC)NC.O=CO. The van der Waals surface area contributed by atoms with E-state index in [9.17, 15) is 0 Å². The number of nitrogens with one attached hydrogen (secondary N) is 1. The Kier molecular flexibility index (Phi) is 77.7. The van der Waals surface area contributed by atoms with E-state index in [0.717, 1.165) is 6.42 Å². The number of carbonyl (C=O) groups is 1. The maximum atomic E-state index is 8.36. The van der Waals surface area contributed by atoms with Gasteiger partial charge in [0.1, 0.15) is 0 Å². The van der Waals surface area contributed by atoms with Crippen molar-refractivity contribution in [2.75, 3.05) is 7.05 Å². The highest BCUT2D eigenvalue weighted by atomic mass is 16.3. The van der Waals surface area contributed by atoms with Crippen molar-refractivity contribution >= 4 is 6.47 Å². The Morgan fingerprint density at radius 2 is 1.52 bits per heavy atom. The van der Waals surface area contributed by atoms with Crippen LogP contribution in [0.3, 0.4) is 0 Å². The number of hydrogen-bond acceptors (Lipinski definition) is 2. The van der Waals surface area contributed by atoms with Crippen molar-refractivity contribution in [1.29, 1.82) is 0 Å². The lowest BCUT2D eigenvalue weighted by molar-refractivity contribution is -0.122. The fraction of sp³-hybridized carbons (Fsp3) is 0.722. The monoisotopic (exact) mass is 303 g/mol. The summed E-state index contributed by atoms with van der Waals surface area (Å²) in [5.74, 6) is 0. The molecule has 0 heterocycles. The van der Waals surface area contributed by atoms with Crippen LogP contribution in [0.15, 0.2) is 24.8 Å². The van der Waals surface area contributed by atoms with Gasteiger partial charge in [0.05, 0.1) is 0 Å². The lowest BCUT2D eigenvalue weighted by Crippen LogP contribution is -2.23. The van der Waals surface area contributed by atoms with Crippen LogP contribution in [0, 0.1) is 0 Å². The molecule has 0 radical (unpaired) electrons. The Morgan fingerprint density at radius 3 is 1.76 bits per heavy atom. The van der Waals surface area contributed by atoms with E-state index in [2.05, 4.69) is 37.9 Å². The van der Waals surface area contributed by atoms with Crippen molar-refractivity contribution in [2.45, 2.75) is 80.2 Å². The summed E-state index contributed by atoms with van der Waals surface area (Å²) in [5, 5.41) is 10.2. The van der Waals surface area contributed by atoms with Crippen LogP contribution in [0.5, 0.6) is 0 Å². The maximum absolute atomic E-state index is 8.36. The highest BCUT2D eigenvalue weighted by molar-refractivity contribution is 5.32. The first-order valence-corrected chi connectivity index (χ1v) is 8.15. The molecule has 0 aromatic heterocycles. The highest BCUT2D eigenvalue weighted by Crippen LogP contribution is 2.01. The molecule has 0 amide bonds. The van der Waals surface area contributed by atoms with Crippen LogP contribution in [-0.4, -0.2) is 24.7 Å². The maximum Gasteiger partial charge on any atom is 0.290 e. The second-order valence-electron chi connectivity index (χ2n) is 3.40. The topological polar surface area (TPSA) is 49.3 Å². The number of allylic oxidation sites excluding steroid dienone is 2. The Hall–Kier alpha value is -1.09. The molecule has 130 valence electrons. The van der Waals surface area contributed by atoms with Crippen molar-refractivity contribution in [3.8, 4) is 0 Å². The van der Waals surface area contributed by atoms with E-state index >= 15 is 0 Å². The van der Waals surface area contributed by atoms with Crippen molar-refractivity contribution < 1.29 is 9.90 Å². The summed E-state index contributed by atoms with van der Waals surface area (Å²) in [4.78, 5) is 8.36. The van der Waals surface area contributed by atoms with Gasteiger partial charge in [0.25, 0.3) is 6.47 Å². The smallest absolute Gasteiger partial charge is 0.290 e. The van der Waals surface area contributed by atoms with Crippen LogP contribution in [0.4, 0.5) is 0 Å². The third-order valence-electron chi connectivity index (χ3n) is 1.87. The normalized spacial score (nSPS) is 9.14. The first-order valence-electron chi connectivity index (χ1n) is 8.15. The Labute approximate surface area is 134 Å². The zero-order valence-corrected chi connectivity index (χ0v) is 15.8. The molecule has 3 nitrogen and oxygen atoms in total. The van der Waals surface area contributed by atoms with Gasteiger partial charge in [-0.2, -0.15) is 0 Å². The lowest BCUT2D eigenvalue weighted by Gasteiger charge is -2.11. The van der Waals surface area contributed by atoms with Gasteiger partial charge in [0.2, 0.25) is 0 Å². The molecule has 0 fully saturated rings. The number of hydrogen-bond donors (Lipinski definition) is 2. The minimum atomic E-state index is -0.250. The Balaban J connectivity index is -0.0000000708. The van der Waals surface area contributed by atoms with Crippen LogP contribution in [0.25, 0.3) is 0 Å². The van der Waals surface area contributed by atoms with E-state index in [0.29, 0.717) is 6.04 Å². The molecule has 1 unspecified atom stereocenters. The predicted molar refractivity (Wildman–Crippen MR) is 99.1 cm³/mol. The van der Waals surface area contributed by atoms with E-state index in [4.69, 9.17) is 9.90 Å². The summed E-state index contributed by atoms with van der Waals surface area (Å²) in [7, 11) is 2.04. The summed E-state index contributed by atoms with van der Waals surface area (Å²) in [5.41, 5.74) is 0. The van der Waals surface area contributed by atoms with Gasteiger partial charge < -0.3 is 10.4 Å². The molecule has 21 heavy (non-hydrogen) atoms. The van der Waals surface area contributed by atoms with E-state index in [1.165, 1.54) is 19.3 Å². The van der Waals surface area contributed by atoms with Gasteiger partial charge in [-0.3, -0.25) is 4.79 Å². The molecular formula is C18H41NO2. The van der Waals surface area contributed by atoms with E-state index in [1.807, 2.05) is 41.7 Å². The third-order valence-corrected chi connectivity index (χ3v) is 1.87. The van der Waals surface area contributed by atoms with Gasteiger partial charge in [0.15, 0.2) is 0 Å². The van der Waals surface area contributed by atoms with Crippen LogP contribution >= 0.6 is 0 Å². The minimum Gasteiger partial charge on any atom is -0.483 e. The number of rotatable bonds is 6. The first kappa shape index (κ1) is 32.0. The van der Waals surface area contributed by atoms with Crippen LogP contribution < -0.4 is 5.32 Å². The summed E-state index contributed by atoms with van der Waals surface area (Å²) in [6, 6.07) is 0.683. The van der Waals surface area contributed by atoms with Crippen molar-refractivity contribution in [3.05, 3.63) is 24.8 Å². The average Bonchev–Trinajstić information content (AvgIpc) is 2.52. The second-order valence-corrected chi connectivity index (χ2v) is 3.40. The quantitative estimate of drug-likeness (QED) is 0.490. The van der Waals surface area contributed by atoms with E-state index in [1.54, 1.807) is 6.08 Å². The fourth-order valence-corrected chi connectivity index (χ4v) is 1.16. The lowest BCUT2D eigenvalue weighted by atomic mass is 10.1. The van der Waals surface area contributed by atoms with Gasteiger partial charge in [0, 0.05) is 6.04 Å². The van der Waals surface area contributed by atoms with Gasteiger partial charge in [-0.05, 0) is 33.2 Å². The van der Waals surface area contributed by atoms with Gasteiger partial charge >= 0.3 is 0 Å². The molecule has 2 N–H and O–H groups in total. The summed E-state index contributed by atoms with van der Waals surface area (Å²) < 4.78 is 0. The molecule has 1 atom stereocenters. The summed E-state index contributed by atoms with van der Waals surface area (Å²) in [6.45, 7) is 17.4. The standard InChI is InChI=1S/C10H21N.C3H6.2C2H6.CH2O2/c1-4-6-7-9-10(11-3)8-5-2;1-3-2;2*1-2;2-1-3/h6-7,10-11H,4-5,8-9H2,1-3H3;3H,1H2,2H3;2*1-2H3;1H,(H,2,3)/b7-6-;;;;. The Morgan fingerprint density at radius 1 is 1.14 bits per heavy atom. The molecular weight excluding hydrogens is 262 g/mol. The molecule has 0 spiro atoms. The molecule has 0 aliphatic carbocycles. The molecule has 0 rings (SSSR count).